The second-order valence-corrected chi connectivity index (χ2v) is 7.60. The zero-order chi connectivity index (χ0) is 23.0. The molecule has 0 amide bonds. The van der Waals surface area contributed by atoms with E-state index < -0.39 is 5.97 Å². The zero-order valence-corrected chi connectivity index (χ0v) is 19.2. The molecule has 0 N–H and O–H groups in total. The molecular weight excluding hydrogens is 404 g/mol. The number of rotatable bonds is 14. The fourth-order valence-electron chi connectivity index (χ4n) is 2.99. The Hall–Kier alpha value is -3.08. The molecule has 32 heavy (non-hydrogen) atoms. The lowest BCUT2D eigenvalue weighted by molar-refractivity contribution is -0.137. The molecule has 172 valence electrons. The summed E-state index contributed by atoms with van der Waals surface area (Å²) in [4.78, 5) is 23.9. The number of unbranched alkanes of at least 4 members (excludes halogenated alkanes) is 5. The molecule has 0 spiro atoms. The Morgan fingerprint density at radius 3 is 2.09 bits per heavy atom. The summed E-state index contributed by atoms with van der Waals surface area (Å²) < 4.78 is 16.2. The average Bonchev–Trinajstić information content (AvgIpc) is 2.82. The number of hydrogen-bond acceptors (Lipinski definition) is 5. The third kappa shape index (κ3) is 9.82. The standard InChI is InChI=1S/C27H34O5/c1-3-5-6-7-8-9-21-30-24-17-13-23(14-18-24)27(29)32-25-15-10-22(11-16-25)12-19-26(28)31-20-4-2/h10-19H,3-9,20-21H2,1-2H3/b19-12+. The Kier molecular flexibility index (Phi) is 11.7. The second-order valence-electron chi connectivity index (χ2n) is 7.60. The number of carbonyl (C=O) groups is 2. The predicted molar refractivity (Wildman–Crippen MR) is 127 cm³/mol. The van der Waals surface area contributed by atoms with Gasteiger partial charge in [-0.2, -0.15) is 0 Å². The normalized spacial score (nSPS) is 10.8. The topological polar surface area (TPSA) is 61.8 Å². The Morgan fingerprint density at radius 2 is 1.41 bits per heavy atom. The van der Waals surface area contributed by atoms with E-state index >= 15 is 0 Å². The van der Waals surface area contributed by atoms with Crippen LogP contribution in [0.1, 0.15) is 74.7 Å². The molecule has 0 bridgehead atoms. The maximum absolute atomic E-state index is 12.4. The summed E-state index contributed by atoms with van der Waals surface area (Å²) >= 11 is 0. The van der Waals surface area contributed by atoms with Gasteiger partial charge < -0.3 is 14.2 Å². The van der Waals surface area contributed by atoms with Crippen molar-refractivity contribution in [1.82, 2.24) is 0 Å². The van der Waals surface area contributed by atoms with Gasteiger partial charge in [-0.25, -0.2) is 9.59 Å². The molecule has 0 unspecified atom stereocenters. The van der Waals surface area contributed by atoms with E-state index in [9.17, 15) is 9.59 Å². The van der Waals surface area contributed by atoms with Crippen molar-refractivity contribution in [2.45, 2.75) is 58.8 Å². The van der Waals surface area contributed by atoms with Gasteiger partial charge in [0.25, 0.3) is 0 Å². The van der Waals surface area contributed by atoms with Gasteiger partial charge >= 0.3 is 11.9 Å². The minimum Gasteiger partial charge on any atom is -0.494 e. The minimum absolute atomic E-state index is 0.373. The smallest absolute Gasteiger partial charge is 0.343 e. The lowest BCUT2D eigenvalue weighted by atomic mass is 10.1. The van der Waals surface area contributed by atoms with Crippen molar-refractivity contribution in [3.05, 3.63) is 65.7 Å². The molecule has 5 nitrogen and oxygen atoms in total. The van der Waals surface area contributed by atoms with Crippen LogP contribution in [0.5, 0.6) is 11.5 Å². The summed E-state index contributed by atoms with van der Waals surface area (Å²) in [6.45, 7) is 5.25. The summed E-state index contributed by atoms with van der Waals surface area (Å²) in [5.41, 5.74) is 1.27. The van der Waals surface area contributed by atoms with Gasteiger partial charge in [0.15, 0.2) is 0 Å². The number of ether oxygens (including phenoxy) is 3. The minimum atomic E-state index is -0.432. The van der Waals surface area contributed by atoms with Crippen LogP contribution in [0.3, 0.4) is 0 Å². The van der Waals surface area contributed by atoms with Crippen LogP contribution in [0.25, 0.3) is 6.08 Å². The van der Waals surface area contributed by atoms with E-state index in [1.54, 1.807) is 54.6 Å². The first kappa shape index (κ1) is 25.2. The van der Waals surface area contributed by atoms with Crippen molar-refractivity contribution in [3.63, 3.8) is 0 Å². The van der Waals surface area contributed by atoms with Crippen LogP contribution in [0.2, 0.25) is 0 Å². The molecule has 2 rings (SSSR count). The Labute approximate surface area is 191 Å². The van der Waals surface area contributed by atoms with Crippen LogP contribution in [0.4, 0.5) is 0 Å². The van der Waals surface area contributed by atoms with Crippen LogP contribution in [0.15, 0.2) is 54.6 Å². The van der Waals surface area contributed by atoms with E-state index in [1.807, 2.05) is 6.92 Å². The fourth-order valence-corrected chi connectivity index (χ4v) is 2.99. The SMILES string of the molecule is CCCCCCCCOc1ccc(C(=O)Oc2ccc(/C=C/C(=O)OCCC)cc2)cc1. The van der Waals surface area contributed by atoms with E-state index in [0.717, 1.165) is 24.2 Å². The van der Waals surface area contributed by atoms with Crippen molar-refractivity contribution in [3.8, 4) is 11.5 Å². The lowest BCUT2D eigenvalue weighted by Gasteiger charge is -2.08. The highest BCUT2D eigenvalue weighted by atomic mass is 16.5. The third-order valence-corrected chi connectivity index (χ3v) is 4.81. The molecule has 2 aromatic carbocycles. The van der Waals surface area contributed by atoms with Gasteiger partial charge in [0.05, 0.1) is 18.8 Å². The molecule has 0 aliphatic heterocycles. The molecule has 0 atom stereocenters. The number of esters is 2. The molecule has 0 aromatic heterocycles. The van der Waals surface area contributed by atoms with Crippen LogP contribution >= 0.6 is 0 Å². The monoisotopic (exact) mass is 438 g/mol. The maximum Gasteiger partial charge on any atom is 0.343 e. The first-order chi connectivity index (χ1) is 15.6. The van der Waals surface area contributed by atoms with Gasteiger partial charge in [-0.3, -0.25) is 0 Å². The predicted octanol–water partition coefficient (Wildman–Crippen LogP) is 6.61. The Morgan fingerprint density at radius 1 is 0.750 bits per heavy atom. The van der Waals surface area contributed by atoms with Crippen molar-refractivity contribution in [1.29, 1.82) is 0 Å². The number of carbonyl (C=O) groups excluding carboxylic acids is 2. The maximum atomic E-state index is 12.4. The third-order valence-electron chi connectivity index (χ3n) is 4.81. The lowest BCUT2D eigenvalue weighted by Crippen LogP contribution is -2.08. The van der Waals surface area contributed by atoms with E-state index in [1.165, 1.54) is 38.2 Å². The summed E-state index contributed by atoms with van der Waals surface area (Å²) in [7, 11) is 0. The Balaban J connectivity index is 1.76. The van der Waals surface area contributed by atoms with Crippen LogP contribution in [-0.2, 0) is 9.53 Å². The molecule has 0 aliphatic carbocycles. The molecule has 0 aliphatic rings. The van der Waals surface area contributed by atoms with Crippen molar-refractivity contribution in [2.24, 2.45) is 0 Å². The largest absolute Gasteiger partial charge is 0.494 e. The summed E-state index contributed by atoms with van der Waals surface area (Å²) in [5, 5.41) is 0. The van der Waals surface area contributed by atoms with Gasteiger partial charge in [-0.05, 0) is 60.9 Å². The van der Waals surface area contributed by atoms with E-state index in [4.69, 9.17) is 14.2 Å². The molecule has 0 saturated carbocycles. The van der Waals surface area contributed by atoms with Crippen molar-refractivity contribution in [2.75, 3.05) is 13.2 Å². The fraction of sp³-hybridized carbons (Fsp3) is 0.407. The average molecular weight is 439 g/mol. The highest BCUT2D eigenvalue weighted by Gasteiger charge is 2.09. The molecule has 2 aromatic rings. The van der Waals surface area contributed by atoms with Gasteiger partial charge in [0.1, 0.15) is 11.5 Å². The van der Waals surface area contributed by atoms with E-state index in [-0.39, 0.29) is 5.97 Å². The molecule has 0 fully saturated rings. The summed E-state index contributed by atoms with van der Waals surface area (Å²) in [6.07, 6.45) is 11.2. The van der Waals surface area contributed by atoms with Crippen molar-refractivity contribution >= 4 is 18.0 Å². The molecular formula is C27H34O5. The highest BCUT2D eigenvalue weighted by Crippen LogP contribution is 2.18. The van der Waals surface area contributed by atoms with E-state index in [0.29, 0.717) is 24.5 Å². The van der Waals surface area contributed by atoms with Crippen LogP contribution in [-0.4, -0.2) is 25.2 Å². The van der Waals surface area contributed by atoms with Crippen molar-refractivity contribution < 1.29 is 23.8 Å². The second kappa shape index (κ2) is 14.8. The zero-order valence-electron chi connectivity index (χ0n) is 19.2. The summed E-state index contributed by atoms with van der Waals surface area (Å²) in [5.74, 6) is 0.383. The van der Waals surface area contributed by atoms with Gasteiger partial charge in [-0.15, -0.1) is 0 Å². The molecule has 0 saturated heterocycles. The summed E-state index contributed by atoms with van der Waals surface area (Å²) in [6, 6.07) is 13.9. The van der Waals surface area contributed by atoms with E-state index in [2.05, 4.69) is 6.92 Å². The first-order valence-corrected chi connectivity index (χ1v) is 11.5. The van der Waals surface area contributed by atoms with Crippen LogP contribution < -0.4 is 9.47 Å². The van der Waals surface area contributed by atoms with Gasteiger partial charge in [-0.1, -0.05) is 58.1 Å². The number of benzene rings is 2. The highest BCUT2D eigenvalue weighted by molar-refractivity contribution is 5.91. The number of hydrogen-bond donors (Lipinski definition) is 0. The van der Waals surface area contributed by atoms with Crippen LogP contribution in [0, 0.1) is 0 Å². The molecule has 5 heteroatoms. The van der Waals surface area contributed by atoms with Gasteiger partial charge in [0, 0.05) is 6.08 Å². The Bertz CT molecular complexity index is 837. The quantitative estimate of drug-likeness (QED) is 0.144. The molecule has 0 radical (unpaired) electrons. The molecule has 0 heterocycles. The van der Waals surface area contributed by atoms with Gasteiger partial charge in [0.2, 0.25) is 0 Å². The first-order valence-electron chi connectivity index (χ1n) is 11.5.